The van der Waals surface area contributed by atoms with E-state index in [0.717, 1.165) is 5.56 Å². The van der Waals surface area contributed by atoms with Crippen molar-refractivity contribution in [2.24, 2.45) is 0 Å². The van der Waals surface area contributed by atoms with Gasteiger partial charge in [-0.15, -0.1) is 6.58 Å². The van der Waals surface area contributed by atoms with Crippen LogP contribution >= 0.6 is 11.3 Å². The fourth-order valence-electron chi connectivity index (χ4n) is 3.02. The summed E-state index contributed by atoms with van der Waals surface area (Å²) in [6.07, 6.45) is 10.2. The molecule has 4 rings (SSSR count). The molecule has 3 aromatic heterocycles. The predicted molar refractivity (Wildman–Crippen MR) is 116 cm³/mol. The van der Waals surface area contributed by atoms with E-state index in [1.54, 1.807) is 42.8 Å². The molecule has 3 aromatic rings. The third-order valence-electron chi connectivity index (χ3n) is 4.45. The van der Waals surface area contributed by atoms with Crippen LogP contribution in [0, 0.1) is 0 Å². The monoisotopic (exact) mass is 419 g/mol. The highest BCUT2D eigenvalue weighted by molar-refractivity contribution is 7.19. The van der Waals surface area contributed by atoms with Gasteiger partial charge in [0.1, 0.15) is 10.8 Å². The predicted octanol–water partition coefficient (Wildman–Crippen LogP) is 2.79. The lowest BCUT2D eigenvalue weighted by atomic mass is 9.95. The molecule has 0 bridgehead atoms. The number of carbonyl (C=O) groups is 1. The van der Waals surface area contributed by atoms with Crippen LogP contribution in [0.15, 0.2) is 71.0 Å². The first kappa shape index (κ1) is 19.5. The number of pyridine rings is 1. The molecule has 2 N–H and O–H groups in total. The van der Waals surface area contributed by atoms with E-state index < -0.39 is 5.56 Å². The van der Waals surface area contributed by atoms with E-state index in [4.69, 9.17) is 10.5 Å². The van der Waals surface area contributed by atoms with Gasteiger partial charge in [0.05, 0.1) is 12.7 Å². The van der Waals surface area contributed by atoms with Crippen LogP contribution in [0.25, 0.3) is 21.6 Å². The van der Waals surface area contributed by atoms with Crippen LogP contribution in [0.5, 0.6) is 0 Å². The number of Topliss-reactive ketones (excluding diaryl/α,β-unsaturated/α-hetero) is 1. The number of allylic oxidation sites excluding steroid dienone is 5. The van der Waals surface area contributed by atoms with Gasteiger partial charge in [0, 0.05) is 23.5 Å². The van der Waals surface area contributed by atoms with Gasteiger partial charge in [-0.2, -0.15) is 14.6 Å². The summed E-state index contributed by atoms with van der Waals surface area (Å²) in [5.41, 5.74) is 7.87. The van der Waals surface area contributed by atoms with Gasteiger partial charge < -0.3 is 10.5 Å². The van der Waals surface area contributed by atoms with Crippen molar-refractivity contribution in [3.05, 3.63) is 82.2 Å². The summed E-state index contributed by atoms with van der Waals surface area (Å²) in [6, 6.07) is 3.67. The zero-order valence-corrected chi connectivity index (χ0v) is 16.8. The molecule has 0 aliphatic heterocycles. The Morgan fingerprint density at radius 1 is 1.33 bits per heavy atom. The molecule has 0 atom stereocenters. The molecule has 0 aromatic carbocycles. The normalized spacial score (nSPS) is 15.2. The number of nitrogens with zero attached hydrogens (tertiary/aromatic N) is 4. The van der Waals surface area contributed by atoms with Gasteiger partial charge in [0.25, 0.3) is 5.56 Å². The summed E-state index contributed by atoms with van der Waals surface area (Å²) in [6.45, 7) is 3.67. The number of nitrogens with two attached hydrogens (primary N) is 1. The molecule has 0 radical (unpaired) electrons. The zero-order valence-electron chi connectivity index (χ0n) is 16.0. The molecule has 9 heteroatoms. The number of nitrogen functional groups attached to an aromatic ring is 1. The Hall–Kier alpha value is -3.85. The van der Waals surface area contributed by atoms with Crippen LogP contribution < -0.4 is 11.3 Å². The van der Waals surface area contributed by atoms with Gasteiger partial charge >= 0.3 is 0 Å². The fourth-order valence-corrected chi connectivity index (χ4v) is 3.90. The third kappa shape index (κ3) is 3.46. The summed E-state index contributed by atoms with van der Waals surface area (Å²) in [7, 11) is 1.42. The van der Waals surface area contributed by atoms with Crippen molar-refractivity contribution in [2.45, 2.75) is 6.42 Å². The minimum atomic E-state index is -0.482. The van der Waals surface area contributed by atoms with E-state index >= 15 is 0 Å². The van der Waals surface area contributed by atoms with Gasteiger partial charge in [0.2, 0.25) is 10.7 Å². The van der Waals surface area contributed by atoms with Crippen LogP contribution in [0.1, 0.15) is 12.0 Å². The summed E-state index contributed by atoms with van der Waals surface area (Å²) in [5, 5.41) is 5.12. The van der Waals surface area contributed by atoms with Crippen molar-refractivity contribution in [3.63, 3.8) is 0 Å². The summed E-state index contributed by atoms with van der Waals surface area (Å²) in [4.78, 5) is 33.6. The van der Waals surface area contributed by atoms with Crippen LogP contribution in [-0.4, -0.2) is 32.5 Å². The lowest BCUT2D eigenvalue weighted by Gasteiger charge is -2.14. The molecule has 150 valence electrons. The molecule has 0 amide bonds. The molecule has 0 spiro atoms. The Kier molecular flexibility index (Phi) is 5.11. The summed E-state index contributed by atoms with van der Waals surface area (Å²) in [5.74, 6) is 0.126. The molecule has 3 heterocycles. The van der Waals surface area contributed by atoms with Crippen molar-refractivity contribution >= 4 is 34.0 Å². The van der Waals surface area contributed by atoms with E-state index in [-0.39, 0.29) is 22.9 Å². The lowest BCUT2D eigenvalue weighted by molar-refractivity contribution is -0.115. The number of fused-ring (bicyclic) bond motifs is 1. The molecule has 0 fully saturated rings. The van der Waals surface area contributed by atoms with Gasteiger partial charge in [-0.3, -0.25) is 14.6 Å². The number of aromatic nitrogens is 4. The minimum absolute atomic E-state index is 0.159. The van der Waals surface area contributed by atoms with Gasteiger partial charge in [-0.25, -0.2) is 0 Å². The van der Waals surface area contributed by atoms with Gasteiger partial charge in [0.15, 0.2) is 5.76 Å². The van der Waals surface area contributed by atoms with Crippen molar-refractivity contribution in [1.29, 1.82) is 0 Å². The maximum absolute atomic E-state index is 12.7. The zero-order chi connectivity index (χ0) is 21.3. The van der Waals surface area contributed by atoms with E-state index in [1.165, 1.54) is 23.0 Å². The molecule has 0 unspecified atom stereocenters. The van der Waals surface area contributed by atoms with E-state index in [1.807, 2.05) is 6.07 Å². The fraction of sp³-hybridized carbons (Fsp3) is 0.0952. The molecule has 30 heavy (non-hydrogen) atoms. The number of carbonyl (C=O) groups excluding carboxylic acids is 1. The first-order chi connectivity index (χ1) is 14.5. The topological polar surface area (TPSA) is 112 Å². The maximum Gasteiger partial charge on any atom is 0.283 e. The standard InChI is InChI=1S/C21H17N5O3S/c1-3-5-13-8-12(10-16(29-2)17(13)27)9-15-18(22)26-21(24-19(15)28)30-20(25-26)14-6-4-7-23-11-14/h3-4,6-11H,1,5,22H2,2H3/b12-9-. The van der Waals surface area contributed by atoms with E-state index in [9.17, 15) is 9.59 Å². The van der Waals surface area contributed by atoms with Crippen LogP contribution in [0.3, 0.4) is 0 Å². The number of ether oxygens (including phenoxy) is 1. The van der Waals surface area contributed by atoms with Crippen molar-refractivity contribution in [2.75, 3.05) is 12.8 Å². The molecule has 1 aliphatic rings. The maximum atomic E-state index is 12.7. The first-order valence-corrected chi connectivity index (χ1v) is 9.76. The summed E-state index contributed by atoms with van der Waals surface area (Å²) < 4.78 is 6.61. The lowest BCUT2D eigenvalue weighted by Crippen LogP contribution is -2.17. The smallest absolute Gasteiger partial charge is 0.283 e. The second kappa shape index (κ2) is 7.88. The molecule has 0 saturated heterocycles. The Balaban J connectivity index is 1.85. The number of ketones is 1. The van der Waals surface area contributed by atoms with E-state index in [2.05, 4.69) is 21.6 Å². The number of hydrogen-bond acceptors (Lipinski definition) is 8. The highest BCUT2D eigenvalue weighted by atomic mass is 32.1. The average molecular weight is 419 g/mol. The average Bonchev–Trinajstić information content (AvgIpc) is 3.18. The highest BCUT2D eigenvalue weighted by Gasteiger charge is 2.21. The number of hydrogen-bond donors (Lipinski definition) is 1. The van der Waals surface area contributed by atoms with E-state index in [0.29, 0.717) is 27.5 Å². The van der Waals surface area contributed by atoms with Crippen molar-refractivity contribution in [1.82, 2.24) is 19.6 Å². The van der Waals surface area contributed by atoms with Crippen molar-refractivity contribution < 1.29 is 9.53 Å². The number of rotatable bonds is 5. The highest BCUT2D eigenvalue weighted by Crippen LogP contribution is 2.27. The minimum Gasteiger partial charge on any atom is -0.493 e. The Morgan fingerprint density at radius 3 is 2.87 bits per heavy atom. The quantitative estimate of drug-likeness (QED) is 0.633. The molecule has 0 saturated carbocycles. The Bertz CT molecular complexity index is 1320. The Morgan fingerprint density at radius 2 is 2.17 bits per heavy atom. The van der Waals surface area contributed by atoms with Gasteiger partial charge in [-0.05, 0) is 42.4 Å². The molecule has 1 aliphatic carbocycles. The Labute approximate surface area is 175 Å². The van der Waals surface area contributed by atoms with Crippen molar-refractivity contribution in [3.8, 4) is 10.6 Å². The second-order valence-corrected chi connectivity index (χ2v) is 7.36. The van der Waals surface area contributed by atoms with Crippen LogP contribution in [-0.2, 0) is 9.53 Å². The second-order valence-electron chi connectivity index (χ2n) is 6.41. The first-order valence-electron chi connectivity index (χ1n) is 8.95. The summed E-state index contributed by atoms with van der Waals surface area (Å²) >= 11 is 1.25. The largest absolute Gasteiger partial charge is 0.493 e. The van der Waals surface area contributed by atoms with Gasteiger partial charge in [-0.1, -0.05) is 17.4 Å². The van der Waals surface area contributed by atoms with Crippen LogP contribution in [0.2, 0.25) is 0 Å². The van der Waals surface area contributed by atoms with Crippen LogP contribution in [0.4, 0.5) is 5.82 Å². The third-order valence-corrected chi connectivity index (χ3v) is 5.41. The molecule has 8 nitrogen and oxygen atoms in total. The molecular weight excluding hydrogens is 402 g/mol. The SMILES string of the molecule is C=CCC1=C/C(=C/c2c(N)n3nc(-c4cccnc4)sc3nc2=O)C=C(OC)C1=O. The number of anilines is 1. The number of methoxy groups -OCH3 is 1. The molecular formula is C21H17N5O3S.